The topological polar surface area (TPSA) is 43.8 Å². The molecule has 0 fully saturated rings. The van der Waals surface area contributed by atoms with Crippen molar-refractivity contribution in [3.05, 3.63) is 11.8 Å². The van der Waals surface area contributed by atoms with Crippen LogP contribution in [-0.2, 0) is 6.54 Å². The molecule has 0 aliphatic rings. The van der Waals surface area contributed by atoms with E-state index < -0.39 is 0 Å². The summed E-state index contributed by atoms with van der Waals surface area (Å²) in [4.78, 5) is 0. The van der Waals surface area contributed by atoms with Crippen molar-refractivity contribution in [1.29, 1.82) is 0 Å². The van der Waals surface area contributed by atoms with Crippen LogP contribution in [0.3, 0.4) is 0 Å². The maximum absolute atomic E-state index is 5.62. The third-order valence-electron chi connectivity index (χ3n) is 2.36. The predicted molar refractivity (Wildman–Crippen MR) is 60.0 cm³/mol. The van der Waals surface area contributed by atoms with E-state index in [2.05, 4.69) is 25.9 Å². The van der Waals surface area contributed by atoms with Crippen molar-refractivity contribution in [3.8, 4) is 0 Å². The molecular formula is C11H21N3. The molecule has 14 heavy (non-hydrogen) atoms. The van der Waals surface area contributed by atoms with Crippen LogP contribution in [-0.4, -0.2) is 9.78 Å². The van der Waals surface area contributed by atoms with E-state index in [0.717, 1.165) is 18.2 Å². The van der Waals surface area contributed by atoms with Gasteiger partial charge in [-0.15, -0.1) is 0 Å². The summed E-state index contributed by atoms with van der Waals surface area (Å²) in [6.07, 6.45) is 1.24. The van der Waals surface area contributed by atoms with Gasteiger partial charge in [-0.2, -0.15) is 5.10 Å². The van der Waals surface area contributed by atoms with Gasteiger partial charge >= 0.3 is 0 Å². The molecule has 0 saturated carbocycles. The molecule has 3 heteroatoms. The summed E-state index contributed by atoms with van der Waals surface area (Å²) in [6, 6.07) is 1.92. The number of nitrogens with two attached hydrogens (primary N) is 1. The second kappa shape index (κ2) is 4.49. The van der Waals surface area contributed by atoms with Crippen molar-refractivity contribution in [2.75, 3.05) is 5.73 Å². The Hall–Kier alpha value is -0.990. The summed E-state index contributed by atoms with van der Waals surface area (Å²) >= 11 is 0. The Kier molecular flexibility index (Phi) is 3.55. The molecule has 2 N–H and O–H groups in total. The van der Waals surface area contributed by atoms with Crippen molar-refractivity contribution in [1.82, 2.24) is 9.78 Å². The van der Waals surface area contributed by atoms with Crippen LogP contribution in [0.1, 0.15) is 32.9 Å². The number of anilines is 1. The summed E-state index contributed by atoms with van der Waals surface area (Å²) in [7, 11) is 0. The van der Waals surface area contributed by atoms with Crippen LogP contribution < -0.4 is 5.73 Å². The zero-order valence-electron chi connectivity index (χ0n) is 9.62. The number of nitrogen functional groups attached to an aromatic ring is 1. The average molecular weight is 195 g/mol. The fourth-order valence-corrected chi connectivity index (χ4v) is 1.89. The first-order valence-electron chi connectivity index (χ1n) is 5.29. The summed E-state index contributed by atoms with van der Waals surface area (Å²) in [5.74, 6) is 2.03. The molecule has 1 heterocycles. The average Bonchev–Trinajstić information content (AvgIpc) is 2.28. The lowest BCUT2D eigenvalue weighted by Gasteiger charge is -2.14. The molecule has 1 rings (SSSR count). The fraction of sp³-hybridized carbons (Fsp3) is 0.727. The molecule has 3 nitrogen and oxygen atoms in total. The first-order chi connectivity index (χ1) is 6.49. The third kappa shape index (κ3) is 3.05. The highest BCUT2D eigenvalue weighted by Gasteiger charge is 2.08. The molecule has 0 aliphatic carbocycles. The second-order valence-corrected chi connectivity index (χ2v) is 4.63. The van der Waals surface area contributed by atoms with Crippen molar-refractivity contribution >= 4 is 5.82 Å². The van der Waals surface area contributed by atoms with Crippen LogP contribution in [0.4, 0.5) is 5.82 Å². The van der Waals surface area contributed by atoms with Gasteiger partial charge in [0.1, 0.15) is 5.82 Å². The summed E-state index contributed by atoms with van der Waals surface area (Å²) in [6.45, 7) is 9.78. The van der Waals surface area contributed by atoms with Gasteiger partial charge in [0.15, 0.2) is 0 Å². The van der Waals surface area contributed by atoms with Gasteiger partial charge in [0, 0.05) is 18.3 Å². The lowest BCUT2D eigenvalue weighted by atomic mass is 9.99. The first kappa shape index (κ1) is 11.1. The van der Waals surface area contributed by atoms with Crippen LogP contribution in [0.25, 0.3) is 0 Å². The lowest BCUT2D eigenvalue weighted by Crippen LogP contribution is -2.12. The van der Waals surface area contributed by atoms with Crippen LogP contribution in [0, 0.1) is 18.8 Å². The summed E-state index contributed by atoms with van der Waals surface area (Å²) < 4.78 is 2.00. The number of hydrogen-bond donors (Lipinski definition) is 1. The molecule has 0 amide bonds. The number of aromatic nitrogens is 2. The maximum atomic E-state index is 5.62. The van der Waals surface area contributed by atoms with Gasteiger partial charge in [-0.3, -0.25) is 4.68 Å². The van der Waals surface area contributed by atoms with Crippen molar-refractivity contribution in [2.45, 2.75) is 40.7 Å². The molecule has 0 aromatic carbocycles. The standard InChI is InChI=1S/C11H21N3/c1-8(2)5-9(3)7-14-10(4)6-11(12)13-14/h6,8-9H,5,7H2,1-4H3,(H2,12,13). The molecule has 80 valence electrons. The zero-order chi connectivity index (χ0) is 10.7. The molecule has 0 spiro atoms. The van der Waals surface area contributed by atoms with Gasteiger partial charge in [-0.25, -0.2) is 0 Å². The molecule has 1 aromatic rings. The highest BCUT2D eigenvalue weighted by atomic mass is 15.3. The largest absolute Gasteiger partial charge is 0.382 e. The minimum Gasteiger partial charge on any atom is -0.382 e. The third-order valence-corrected chi connectivity index (χ3v) is 2.36. The van der Waals surface area contributed by atoms with E-state index in [1.807, 2.05) is 17.7 Å². The highest BCUT2D eigenvalue weighted by Crippen LogP contribution is 2.14. The van der Waals surface area contributed by atoms with Crippen LogP contribution in [0.5, 0.6) is 0 Å². The van der Waals surface area contributed by atoms with Crippen molar-refractivity contribution in [3.63, 3.8) is 0 Å². The van der Waals surface area contributed by atoms with Crippen LogP contribution in [0.15, 0.2) is 6.07 Å². The van der Waals surface area contributed by atoms with Crippen LogP contribution >= 0.6 is 0 Å². The molecule has 1 atom stereocenters. The zero-order valence-corrected chi connectivity index (χ0v) is 9.62. The van der Waals surface area contributed by atoms with E-state index in [1.54, 1.807) is 0 Å². The van der Waals surface area contributed by atoms with Gasteiger partial charge < -0.3 is 5.73 Å². The predicted octanol–water partition coefficient (Wildman–Crippen LogP) is 2.46. The number of hydrogen-bond acceptors (Lipinski definition) is 2. The monoisotopic (exact) mass is 195 g/mol. The van der Waals surface area contributed by atoms with E-state index in [-0.39, 0.29) is 0 Å². The minimum atomic E-state index is 0.624. The molecule has 1 aromatic heterocycles. The Morgan fingerprint density at radius 1 is 1.43 bits per heavy atom. The van der Waals surface area contributed by atoms with Gasteiger partial charge in [-0.1, -0.05) is 20.8 Å². The van der Waals surface area contributed by atoms with E-state index in [0.29, 0.717) is 11.7 Å². The Bertz CT molecular complexity index is 289. The Morgan fingerprint density at radius 2 is 2.07 bits per heavy atom. The van der Waals surface area contributed by atoms with Crippen molar-refractivity contribution < 1.29 is 0 Å². The van der Waals surface area contributed by atoms with Gasteiger partial charge in [0.05, 0.1) is 0 Å². The first-order valence-corrected chi connectivity index (χ1v) is 5.29. The van der Waals surface area contributed by atoms with Gasteiger partial charge in [0.2, 0.25) is 0 Å². The quantitative estimate of drug-likeness (QED) is 0.802. The fourth-order valence-electron chi connectivity index (χ4n) is 1.89. The Morgan fingerprint density at radius 3 is 2.50 bits per heavy atom. The molecule has 0 bridgehead atoms. The SMILES string of the molecule is Cc1cc(N)nn1CC(C)CC(C)C. The normalized spacial score (nSPS) is 13.5. The molecule has 0 saturated heterocycles. The molecule has 0 radical (unpaired) electrons. The Labute approximate surface area is 86.3 Å². The summed E-state index contributed by atoms with van der Waals surface area (Å²) in [5, 5.41) is 4.25. The lowest BCUT2D eigenvalue weighted by molar-refractivity contribution is 0.370. The Balaban J connectivity index is 2.55. The van der Waals surface area contributed by atoms with E-state index in [1.165, 1.54) is 6.42 Å². The summed E-state index contributed by atoms with van der Waals surface area (Å²) in [5.41, 5.74) is 6.78. The van der Waals surface area contributed by atoms with E-state index in [9.17, 15) is 0 Å². The van der Waals surface area contributed by atoms with E-state index in [4.69, 9.17) is 5.73 Å². The minimum absolute atomic E-state index is 0.624. The maximum Gasteiger partial charge on any atom is 0.145 e. The number of aryl methyl sites for hydroxylation is 1. The second-order valence-electron chi connectivity index (χ2n) is 4.63. The van der Waals surface area contributed by atoms with Gasteiger partial charge in [0.25, 0.3) is 0 Å². The van der Waals surface area contributed by atoms with Gasteiger partial charge in [-0.05, 0) is 25.2 Å². The number of rotatable bonds is 4. The van der Waals surface area contributed by atoms with Crippen LogP contribution in [0.2, 0.25) is 0 Å². The van der Waals surface area contributed by atoms with Crippen molar-refractivity contribution in [2.24, 2.45) is 11.8 Å². The number of nitrogens with zero attached hydrogens (tertiary/aromatic N) is 2. The smallest absolute Gasteiger partial charge is 0.145 e. The molecule has 0 aliphatic heterocycles. The van der Waals surface area contributed by atoms with E-state index >= 15 is 0 Å². The molecule has 1 unspecified atom stereocenters. The highest BCUT2D eigenvalue weighted by molar-refractivity contribution is 5.28. The molecular weight excluding hydrogens is 174 g/mol.